The highest BCUT2D eigenvalue weighted by atomic mass is 16.5. The van der Waals surface area contributed by atoms with Gasteiger partial charge in [0.25, 0.3) is 0 Å². The van der Waals surface area contributed by atoms with Crippen LogP contribution in [0, 0.1) is 6.92 Å². The van der Waals surface area contributed by atoms with Crippen LogP contribution >= 0.6 is 0 Å². The molecule has 74 valence electrons. The molecule has 1 rings (SSSR count). The first-order chi connectivity index (χ1) is 6.65. The summed E-state index contributed by atoms with van der Waals surface area (Å²) in [5.41, 5.74) is 2.77. The number of esters is 1. The molecule has 2 heteroatoms. The average Bonchev–Trinajstić information content (AvgIpc) is 2.20. The molecule has 0 aliphatic rings. The number of methoxy groups -OCH3 is 1. The number of ether oxygens (including phenoxy) is 1. The van der Waals surface area contributed by atoms with Gasteiger partial charge in [0.05, 0.1) is 7.11 Å². The van der Waals surface area contributed by atoms with Crippen LogP contribution in [-0.2, 0) is 16.0 Å². The fraction of sp³-hybridized carbons (Fsp3) is 0.250. The van der Waals surface area contributed by atoms with Crippen LogP contribution in [0.2, 0.25) is 0 Å². The Morgan fingerprint density at radius 3 is 2.64 bits per heavy atom. The summed E-state index contributed by atoms with van der Waals surface area (Å²) in [6.07, 6.45) is 0.555. The Labute approximate surface area is 84.2 Å². The van der Waals surface area contributed by atoms with Crippen molar-refractivity contribution in [3.63, 3.8) is 0 Å². The minimum absolute atomic E-state index is 0.340. The molecule has 0 amide bonds. The number of hydrogen-bond acceptors (Lipinski definition) is 2. The van der Waals surface area contributed by atoms with Gasteiger partial charge < -0.3 is 4.74 Å². The largest absolute Gasteiger partial charge is 0.466 e. The first kappa shape index (κ1) is 10.5. The van der Waals surface area contributed by atoms with Crippen molar-refractivity contribution in [3.8, 4) is 0 Å². The van der Waals surface area contributed by atoms with E-state index < -0.39 is 0 Å². The maximum absolute atomic E-state index is 11.1. The molecule has 0 aliphatic heterocycles. The number of carbonyl (C=O) groups is 1. The van der Waals surface area contributed by atoms with Crippen molar-refractivity contribution in [2.45, 2.75) is 13.3 Å². The lowest BCUT2D eigenvalue weighted by molar-refractivity contribution is -0.136. The Bertz CT molecular complexity index is 353. The van der Waals surface area contributed by atoms with E-state index in [1.54, 1.807) is 0 Å². The second-order valence-electron chi connectivity index (χ2n) is 3.20. The van der Waals surface area contributed by atoms with Crippen molar-refractivity contribution in [1.82, 2.24) is 0 Å². The summed E-state index contributed by atoms with van der Waals surface area (Å²) >= 11 is 0. The minimum Gasteiger partial charge on any atom is -0.466 e. The molecule has 1 aromatic rings. The Kier molecular flexibility index (Phi) is 3.46. The highest BCUT2D eigenvalue weighted by Crippen LogP contribution is 2.12. The normalized spacial score (nSPS) is 9.57. The van der Waals surface area contributed by atoms with Gasteiger partial charge in [-0.25, -0.2) is 4.79 Å². The summed E-state index contributed by atoms with van der Waals surface area (Å²) in [6.45, 7) is 5.70. The highest BCUT2D eigenvalue weighted by molar-refractivity contribution is 5.88. The molecule has 0 saturated carbocycles. The van der Waals surface area contributed by atoms with Crippen LogP contribution in [0.25, 0.3) is 0 Å². The van der Waals surface area contributed by atoms with Crippen molar-refractivity contribution >= 4 is 5.97 Å². The van der Waals surface area contributed by atoms with Gasteiger partial charge in [-0.2, -0.15) is 0 Å². The summed E-state index contributed by atoms with van der Waals surface area (Å²) in [4.78, 5) is 11.1. The quantitative estimate of drug-likeness (QED) is 0.540. The maximum Gasteiger partial charge on any atom is 0.333 e. The fourth-order valence-corrected chi connectivity index (χ4v) is 1.25. The standard InChI is InChI=1S/C12H14O2/c1-9-6-4-5-7-11(9)8-10(2)12(13)14-3/h4-7H,2,8H2,1,3H3. The van der Waals surface area contributed by atoms with Crippen molar-refractivity contribution < 1.29 is 9.53 Å². The number of benzene rings is 1. The second-order valence-corrected chi connectivity index (χ2v) is 3.20. The molecule has 14 heavy (non-hydrogen) atoms. The van der Waals surface area contributed by atoms with E-state index in [2.05, 4.69) is 11.3 Å². The van der Waals surface area contributed by atoms with Crippen molar-refractivity contribution in [3.05, 3.63) is 47.5 Å². The van der Waals surface area contributed by atoms with Crippen LogP contribution in [-0.4, -0.2) is 13.1 Å². The zero-order valence-electron chi connectivity index (χ0n) is 8.54. The zero-order chi connectivity index (χ0) is 10.6. The molecular formula is C12H14O2. The number of aryl methyl sites for hydroxylation is 1. The highest BCUT2D eigenvalue weighted by Gasteiger charge is 2.08. The van der Waals surface area contributed by atoms with Crippen molar-refractivity contribution in [1.29, 1.82) is 0 Å². The van der Waals surface area contributed by atoms with E-state index in [-0.39, 0.29) is 5.97 Å². The third-order valence-electron chi connectivity index (χ3n) is 2.14. The summed E-state index contributed by atoms with van der Waals surface area (Å²) in [5.74, 6) is -0.340. The van der Waals surface area contributed by atoms with E-state index in [1.807, 2.05) is 31.2 Å². The molecule has 0 spiro atoms. The van der Waals surface area contributed by atoms with Gasteiger partial charge >= 0.3 is 5.97 Å². The molecule has 0 heterocycles. The third-order valence-corrected chi connectivity index (χ3v) is 2.14. The average molecular weight is 190 g/mol. The molecule has 0 atom stereocenters. The van der Waals surface area contributed by atoms with Crippen LogP contribution < -0.4 is 0 Å². The molecule has 0 aromatic heterocycles. The Hall–Kier alpha value is -1.57. The van der Waals surface area contributed by atoms with Crippen molar-refractivity contribution in [2.24, 2.45) is 0 Å². The minimum atomic E-state index is -0.340. The lowest BCUT2D eigenvalue weighted by atomic mass is 10.0. The van der Waals surface area contributed by atoms with E-state index in [0.717, 1.165) is 11.1 Å². The van der Waals surface area contributed by atoms with Gasteiger partial charge in [0, 0.05) is 12.0 Å². The molecule has 1 aromatic carbocycles. The van der Waals surface area contributed by atoms with E-state index in [9.17, 15) is 4.79 Å². The van der Waals surface area contributed by atoms with Crippen LogP contribution in [0.4, 0.5) is 0 Å². The molecule has 0 bridgehead atoms. The molecule has 0 fully saturated rings. The van der Waals surface area contributed by atoms with Crippen LogP contribution in [0.15, 0.2) is 36.4 Å². The first-order valence-electron chi connectivity index (χ1n) is 4.45. The van der Waals surface area contributed by atoms with Gasteiger partial charge in [-0.15, -0.1) is 0 Å². The molecule has 0 N–H and O–H groups in total. The lowest BCUT2D eigenvalue weighted by Crippen LogP contribution is -2.06. The molecule has 0 radical (unpaired) electrons. The SMILES string of the molecule is C=C(Cc1ccccc1C)C(=O)OC. The second kappa shape index (κ2) is 4.61. The molecule has 2 nitrogen and oxygen atoms in total. The summed E-state index contributed by atoms with van der Waals surface area (Å²) in [6, 6.07) is 7.93. The number of carbonyl (C=O) groups excluding carboxylic acids is 1. The van der Waals surface area contributed by atoms with E-state index >= 15 is 0 Å². The van der Waals surface area contributed by atoms with E-state index in [4.69, 9.17) is 0 Å². The van der Waals surface area contributed by atoms with Gasteiger partial charge in [0.15, 0.2) is 0 Å². The smallest absolute Gasteiger partial charge is 0.333 e. The van der Waals surface area contributed by atoms with Gasteiger partial charge in [0.1, 0.15) is 0 Å². The van der Waals surface area contributed by atoms with Crippen LogP contribution in [0.3, 0.4) is 0 Å². The Morgan fingerprint density at radius 2 is 2.07 bits per heavy atom. The maximum atomic E-state index is 11.1. The van der Waals surface area contributed by atoms with Gasteiger partial charge in [-0.3, -0.25) is 0 Å². The molecule has 0 unspecified atom stereocenters. The lowest BCUT2D eigenvalue weighted by Gasteiger charge is -2.06. The van der Waals surface area contributed by atoms with Crippen LogP contribution in [0.1, 0.15) is 11.1 Å². The monoisotopic (exact) mass is 190 g/mol. The van der Waals surface area contributed by atoms with Gasteiger partial charge in [-0.05, 0) is 18.1 Å². The summed E-state index contributed by atoms with van der Waals surface area (Å²) in [7, 11) is 1.37. The number of hydrogen-bond donors (Lipinski definition) is 0. The van der Waals surface area contributed by atoms with Crippen LogP contribution in [0.5, 0.6) is 0 Å². The van der Waals surface area contributed by atoms with Crippen molar-refractivity contribution in [2.75, 3.05) is 7.11 Å². The topological polar surface area (TPSA) is 26.3 Å². The Morgan fingerprint density at radius 1 is 1.43 bits per heavy atom. The predicted octanol–water partition coefficient (Wildman–Crippen LogP) is 2.27. The fourth-order valence-electron chi connectivity index (χ4n) is 1.25. The molecule has 0 aliphatic carbocycles. The molecule has 0 saturated heterocycles. The third kappa shape index (κ3) is 2.46. The van der Waals surface area contributed by atoms with Gasteiger partial charge in [0.2, 0.25) is 0 Å². The molecular weight excluding hydrogens is 176 g/mol. The Balaban J connectivity index is 2.75. The predicted molar refractivity (Wildman–Crippen MR) is 56.0 cm³/mol. The first-order valence-corrected chi connectivity index (χ1v) is 4.45. The van der Waals surface area contributed by atoms with E-state index in [1.165, 1.54) is 7.11 Å². The van der Waals surface area contributed by atoms with Gasteiger partial charge in [-0.1, -0.05) is 30.8 Å². The number of rotatable bonds is 3. The summed E-state index contributed by atoms with van der Waals surface area (Å²) in [5, 5.41) is 0. The van der Waals surface area contributed by atoms with E-state index in [0.29, 0.717) is 12.0 Å². The summed E-state index contributed by atoms with van der Waals surface area (Å²) < 4.78 is 4.59. The zero-order valence-corrected chi connectivity index (χ0v) is 8.54.